The number of rotatable bonds is 10. The zero-order valence-electron chi connectivity index (χ0n) is 13.1. The SMILES string of the molecule is COCCCN(CCOC)C(=O)CC1(C(=O)O)CCCC1. The molecule has 0 aromatic rings. The molecule has 0 spiro atoms. The lowest BCUT2D eigenvalue weighted by atomic mass is 9.82. The van der Waals surface area contributed by atoms with E-state index in [-0.39, 0.29) is 12.3 Å². The van der Waals surface area contributed by atoms with Gasteiger partial charge in [-0.25, -0.2) is 0 Å². The van der Waals surface area contributed by atoms with Crippen molar-refractivity contribution < 1.29 is 24.2 Å². The minimum absolute atomic E-state index is 0.0903. The van der Waals surface area contributed by atoms with Gasteiger partial charge in [-0.15, -0.1) is 0 Å². The third-order valence-corrected chi connectivity index (χ3v) is 4.20. The van der Waals surface area contributed by atoms with Crippen molar-refractivity contribution >= 4 is 11.9 Å². The summed E-state index contributed by atoms with van der Waals surface area (Å²) in [6, 6.07) is 0. The van der Waals surface area contributed by atoms with Crippen molar-refractivity contribution in [3.8, 4) is 0 Å². The Bertz CT molecular complexity index is 339. The number of carboxylic acids is 1. The van der Waals surface area contributed by atoms with Gasteiger partial charge in [0.1, 0.15) is 0 Å². The quantitative estimate of drug-likeness (QED) is 0.619. The molecule has 0 aromatic heterocycles. The van der Waals surface area contributed by atoms with Crippen LogP contribution in [0.25, 0.3) is 0 Å². The van der Waals surface area contributed by atoms with Crippen molar-refractivity contribution in [3.63, 3.8) is 0 Å². The average molecular weight is 301 g/mol. The lowest BCUT2D eigenvalue weighted by Crippen LogP contribution is -2.40. The van der Waals surface area contributed by atoms with Gasteiger partial charge in [0, 0.05) is 40.3 Å². The Hall–Kier alpha value is -1.14. The van der Waals surface area contributed by atoms with E-state index in [0.29, 0.717) is 39.1 Å². The zero-order valence-corrected chi connectivity index (χ0v) is 13.1. The van der Waals surface area contributed by atoms with E-state index in [1.807, 2.05) is 0 Å². The lowest BCUT2D eigenvalue weighted by molar-refractivity contribution is -0.153. The number of ether oxygens (including phenoxy) is 2. The van der Waals surface area contributed by atoms with E-state index >= 15 is 0 Å². The number of carbonyl (C=O) groups excluding carboxylic acids is 1. The second kappa shape index (κ2) is 9.00. The van der Waals surface area contributed by atoms with Crippen molar-refractivity contribution in [1.82, 2.24) is 4.90 Å². The molecular weight excluding hydrogens is 274 g/mol. The monoisotopic (exact) mass is 301 g/mol. The molecule has 122 valence electrons. The molecular formula is C15H27NO5. The Balaban J connectivity index is 2.62. The molecule has 1 N–H and O–H groups in total. The van der Waals surface area contributed by atoms with Crippen LogP contribution in [-0.2, 0) is 19.1 Å². The Morgan fingerprint density at radius 1 is 1.10 bits per heavy atom. The van der Waals surface area contributed by atoms with Gasteiger partial charge in [-0.1, -0.05) is 12.8 Å². The minimum Gasteiger partial charge on any atom is -0.481 e. The summed E-state index contributed by atoms with van der Waals surface area (Å²) in [4.78, 5) is 25.7. The summed E-state index contributed by atoms with van der Waals surface area (Å²) in [5.41, 5.74) is -0.857. The largest absolute Gasteiger partial charge is 0.481 e. The van der Waals surface area contributed by atoms with Crippen molar-refractivity contribution in [1.29, 1.82) is 0 Å². The lowest BCUT2D eigenvalue weighted by Gasteiger charge is -2.28. The van der Waals surface area contributed by atoms with Gasteiger partial charge >= 0.3 is 5.97 Å². The maximum atomic E-state index is 12.5. The number of methoxy groups -OCH3 is 2. The van der Waals surface area contributed by atoms with Crippen LogP contribution in [-0.4, -0.2) is 62.4 Å². The average Bonchev–Trinajstić information content (AvgIpc) is 2.92. The van der Waals surface area contributed by atoms with Gasteiger partial charge in [-0.05, 0) is 19.3 Å². The van der Waals surface area contributed by atoms with Crippen molar-refractivity contribution in [2.24, 2.45) is 5.41 Å². The molecule has 1 amide bonds. The standard InChI is InChI=1S/C15H27NO5/c1-20-10-5-8-16(9-11-21-2)13(17)12-15(14(18)19)6-3-4-7-15/h3-12H2,1-2H3,(H,18,19). The van der Waals surface area contributed by atoms with Crippen LogP contribution in [0.1, 0.15) is 38.5 Å². The molecule has 1 saturated carbocycles. The Morgan fingerprint density at radius 2 is 1.71 bits per heavy atom. The van der Waals surface area contributed by atoms with E-state index in [2.05, 4.69) is 0 Å². The molecule has 0 aromatic carbocycles. The van der Waals surface area contributed by atoms with E-state index in [1.165, 1.54) is 0 Å². The van der Waals surface area contributed by atoms with E-state index in [9.17, 15) is 14.7 Å². The van der Waals surface area contributed by atoms with Gasteiger partial charge < -0.3 is 19.5 Å². The van der Waals surface area contributed by atoms with Gasteiger partial charge in [-0.3, -0.25) is 9.59 Å². The summed E-state index contributed by atoms with van der Waals surface area (Å²) in [6.07, 6.45) is 3.82. The van der Waals surface area contributed by atoms with E-state index in [4.69, 9.17) is 9.47 Å². The van der Waals surface area contributed by atoms with E-state index in [0.717, 1.165) is 19.3 Å². The number of hydrogen-bond donors (Lipinski definition) is 1. The highest BCUT2D eigenvalue weighted by molar-refractivity contribution is 5.85. The molecule has 6 heteroatoms. The highest BCUT2D eigenvalue weighted by Crippen LogP contribution is 2.41. The number of aliphatic carboxylic acids is 1. The molecule has 0 atom stereocenters. The highest BCUT2D eigenvalue weighted by atomic mass is 16.5. The zero-order chi connectivity index (χ0) is 15.7. The molecule has 0 radical (unpaired) electrons. The second-order valence-corrected chi connectivity index (χ2v) is 5.69. The van der Waals surface area contributed by atoms with Gasteiger partial charge in [0.15, 0.2) is 0 Å². The summed E-state index contributed by atoms with van der Waals surface area (Å²) < 4.78 is 10.0. The Labute approximate surface area is 126 Å². The Kier molecular flexibility index (Phi) is 7.67. The van der Waals surface area contributed by atoms with Crippen LogP contribution in [0.2, 0.25) is 0 Å². The maximum absolute atomic E-state index is 12.5. The molecule has 0 saturated heterocycles. The van der Waals surface area contributed by atoms with E-state index in [1.54, 1.807) is 19.1 Å². The predicted octanol–water partition coefficient (Wildman–Crippen LogP) is 1.53. The van der Waals surface area contributed by atoms with Crippen LogP contribution in [0.4, 0.5) is 0 Å². The molecule has 0 bridgehead atoms. The summed E-state index contributed by atoms with van der Waals surface area (Å²) in [6.45, 7) is 2.11. The first-order valence-corrected chi connectivity index (χ1v) is 7.55. The molecule has 1 aliphatic carbocycles. The van der Waals surface area contributed by atoms with Crippen molar-refractivity contribution in [2.75, 3.05) is 40.5 Å². The molecule has 0 heterocycles. The summed E-state index contributed by atoms with van der Waals surface area (Å²) in [7, 11) is 3.22. The van der Waals surface area contributed by atoms with Gasteiger partial charge in [0.2, 0.25) is 5.91 Å². The molecule has 1 rings (SSSR count). The highest BCUT2D eigenvalue weighted by Gasteiger charge is 2.43. The third kappa shape index (κ3) is 5.28. The predicted molar refractivity (Wildman–Crippen MR) is 78.1 cm³/mol. The summed E-state index contributed by atoms with van der Waals surface area (Å²) >= 11 is 0. The van der Waals surface area contributed by atoms with Crippen LogP contribution in [0.5, 0.6) is 0 Å². The first-order chi connectivity index (χ1) is 10.1. The second-order valence-electron chi connectivity index (χ2n) is 5.69. The molecule has 6 nitrogen and oxygen atoms in total. The molecule has 21 heavy (non-hydrogen) atoms. The number of amides is 1. The smallest absolute Gasteiger partial charge is 0.310 e. The Morgan fingerprint density at radius 3 is 2.24 bits per heavy atom. The fourth-order valence-electron chi connectivity index (χ4n) is 2.88. The molecule has 1 aliphatic rings. The van der Waals surface area contributed by atoms with Gasteiger partial charge in [0.05, 0.1) is 12.0 Å². The van der Waals surface area contributed by atoms with Crippen LogP contribution in [0.15, 0.2) is 0 Å². The topological polar surface area (TPSA) is 76.1 Å². The maximum Gasteiger partial charge on any atom is 0.310 e. The first kappa shape index (κ1) is 17.9. The molecule has 0 unspecified atom stereocenters. The fourth-order valence-corrected chi connectivity index (χ4v) is 2.88. The number of hydrogen-bond acceptors (Lipinski definition) is 4. The van der Waals surface area contributed by atoms with Crippen molar-refractivity contribution in [3.05, 3.63) is 0 Å². The molecule has 0 aliphatic heterocycles. The first-order valence-electron chi connectivity index (χ1n) is 7.55. The summed E-state index contributed by atoms with van der Waals surface area (Å²) in [5.74, 6) is -0.926. The minimum atomic E-state index is -0.857. The van der Waals surface area contributed by atoms with Crippen LogP contribution in [0, 0.1) is 5.41 Å². The number of carbonyl (C=O) groups is 2. The van der Waals surface area contributed by atoms with Crippen molar-refractivity contribution in [2.45, 2.75) is 38.5 Å². The third-order valence-electron chi connectivity index (χ3n) is 4.20. The van der Waals surface area contributed by atoms with Gasteiger partial charge in [0.25, 0.3) is 0 Å². The van der Waals surface area contributed by atoms with E-state index < -0.39 is 11.4 Å². The van der Waals surface area contributed by atoms with Crippen LogP contribution >= 0.6 is 0 Å². The van der Waals surface area contributed by atoms with Gasteiger partial charge in [-0.2, -0.15) is 0 Å². The number of nitrogens with zero attached hydrogens (tertiary/aromatic N) is 1. The number of carboxylic acid groups (broad SMARTS) is 1. The normalized spacial score (nSPS) is 16.9. The van der Waals surface area contributed by atoms with Crippen LogP contribution < -0.4 is 0 Å². The fraction of sp³-hybridized carbons (Fsp3) is 0.867. The van der Waals surface area contributed by atoms with Crippen LogP contribution in [0.3, 0.4) is 0 Å². The summed E-state index contributed by atoms with van der Waals surface area (Å²) in [5, 5.41) is 9.47. The molecule has 1 fully saturated rings.